The van der Waals surface area contributed by atoms with Gasteiger partial charge in [0.2, 0.25) is 0 Å². The van der Waals surface area contributed by atoms with Crippen LogP contribution in [0.5, 0.6) is 0 Å². The van der Waals surface area contributed by atoms with Crippen molar-refractivity contribution in [3.8, 4) is 0 Å². The number of anilines is 1. The number of hydrogen-bond acceptors (Lipinski definition) is 3. The summed E-state index contributed by atoms with van der Waals surface area (Å²) < 4.78 is 0. The third kappa shape index (κ3) is 2.98. The van der Waals surface area contributed by atoms with E-state index in [0.29, 0.717) is 5.92 Å². The first-order valence-corrected chi connectivity index (χ1v) is 5.86. The summed E-state index contributed by atoms with van der Waals surface area (Å²) in [6.45, 7) is 10.9. The molecule has 0 unspecified atom stereocenters. The Morgan fingerprint density at radius 2 is 1.93 bits per heavy atom. The maximum Gasteiger partial charge on any atom is 0.109 e. The van der Waals surface area contributed by atoms with E-state index in [0.717, 1.165) is 22.1 Å². The highest BCUT2D eigenvalue weighted by Gasteiger charge is 2.17. The molecule has 0 aromatic carbocycles. The van der Waals surface area contributed by atoms with E-state index in [9.17, 15) is 0 Å². The Kier molecular flexibility index (Phi) is 3.20. The van der Waals surface area contributed by atoms with Crippen LogP contribution in [-0.2, 0) is 6.42 Å². The molecule has 1 aromatic rings. The van der Waals surface area contributed by atoms with Gasteiger partial charge in [-0.05, 0) is 11.8 Å². The fourth-order valence-electron chi connectivity index (χ4n) is 1.26. The van der Waals surface area contributed by atoms with Crippen molar-refractivity contribution in [2.24, 2.45) is 5.41 Å². The number of nitrogens with two attached hydrogens (primary N) is 1. The van der Waals surface area contributed by atoms with Gasteiger partial charge in [0.05, 0.1) is 10.7 Å². The predicted molar refractivity (Wildman–Crippen MR) is 63.8 cm³/mol. The van der Waals surface area contributed by atoms with Crippen LogP contribution in [0.3, 0.4) is 0 Å². The Balaban J connectivity index is 2.88. The molecule has 2 N–H and O–H groups in total. The standard InChI is InChI=1S/C11H20N2S/c1-7(2)10-13-8(9(12)14-10)6-11(3,4)5/h7H,6,12H2,1-5H3. The zero-order chi connectivity index (χ0) is 10.9. The van der Waals surface area contributed by atoms with Crippen molar-refractivity contribution >= 4 is 16.3 Å². The molecule has 1 heterocycles. The van der Waals surface area contributed by atoms with E-state index in [-0.39, 0.29) is 5.41 Å². The van der Waals surface area contributed by atoms with E-state index in [1.807, 2.05) is 0 Å². The minimum Gasteiger partial charge on any atom is -0.389 e. The zero-order valence-corrected chi connectivity index (χ0v) is 10.5. The molecule has 0 aliphatic carbocycles. The Bertz CT molecular complexity index is 308. The average Bonchev–Trinajstić information content (AvgIpc) is 2.29. The smallest absolute Gasteiger partial charge is 0.109 e. The van der Waals surface area contributed by atoms with Gasteiger partial charge in [-0.1, -0.05) is 34.6 Å². The van der Waals surface area contributed by atoms with Crippen LogP contribution >= 0.6 is 11.3 Å². The molecule has 1 aromatic heterocycles. The van der Waals surface area contributed by atoms with E-state index >= 15 is 0 Å². The van der Waals surface area contributed by atoms with Gasteiger partial charge >= 0.3 is 0 Å². The largest absolute Gasteiger partial charge is 0.389 e. The summed E-state index contributed by atoms with van der Waals surface area (Å²) in [4.78, 5) is 4.59. The summed E-state index contributed by atoms with van der Waals surface area (Å²) in [5, 5.41) is 2.05. The fourth-order valence-corrected chi connectivity index (χ4v) is 2.11. The molecule has 3 heteroatoms. The van der Waals surface area contributed by atoms with Gasteiger partial charge in [-0.3, -0.25) is 0 Å². The van der Waals surface area contributed by atoms with Crippen LogP contribution in [0.1, 0.15) is 51.2 Å². The molecule has 0 radical (unpaired) electrons. The molecule has 0 aliphatic heterocycles. The second kappa shape index (κ2) is 3.89. The van der Waals surface area contributed by atoms with Crippen molar-refractivity contribution in [3.63, 3.8) is 0 Å². The van der Waals surface area contributed by atoms with E-state index in [1.54, 1.807) is 11.3 Å². The highest BCUT2D eigenvalue weighted by atomic mass is 32.1. The predicted octanol–water partition coefficient (Wildman–Crippen LogP) is 3.44. The average molecular weight is 212 g/mol. The summed E-state index contributed by atoms with van der Waals surface area (Å²) >= 11 is 1.63. The van der Waals surface area contributed by atoms with Gasteiger partial charge in [-0.25, -0.2) is 4.98 Å². The fraction of sp³-hybridized carbons (Fsp3) is 0.727. The van der Waals surface area contributed by atoms with Crippen LogP contribution in [-0.4, -0.2) is 4.98 Å². The van der Waals surface area contributed by atoms with Crippen LogP contribution in [0.4, 0.5) is 5.00 Å². The van der Waals surface area contributed by atoms with Crippen LogP contribution in [0.2, 0.25) is 0 Å². The first kappa shape index (κ1) is 11.5. The zero-order valence-electron chi connectivity index (χ0n) is 9.72. The van der Waals surface area contributed by atoms with Gasteiger partial charge in [0.15, 0.2) is 0 Å². The summed E-state index contributed by atoms with van der Waals surface area (Å²) in [7, 11) is 0. The highest BCUT2D eigenvalue weighted by Crippen LogP contribution is 2.31. The van der Waals surface area contributed by atoms with Gasteiger partial charge in [0, 0.05) is 5.92 Å². The molecule has 0 amide bonds. The molecule has 0 aliphatic rings. The lowest BCUT2D eigenvalue weighted by Gasteiger charge is -2.16. The monoisotopic (exact) mass is 212 g/mol. The van der Waals surface area contributed by atoms with E-state index in [4.69, 9.17) is 5.73 Å². The summed E-state index contributed by atoms with van der Waals surface area (Å²) in [5.74, 6) is 0.482. The second-order valence-electron chi connectivity index (χ2n) is 5.26. The maximum absolute atomic E-state index is 5.94. The SMILES string of the molecule is CC(C)c1nc(CC(C)(C)C)c(N)s1. The normalized spacial score (nSPS) is 12.4. The lowest BCUT2D eigenvalue weighted by atomic mass is 9.91. The first-order chi connectivity index (χ1) is 6.29. The van der Waals surface area contributed by atoms with Crippen molar-refractivity contribution < 1.29 is 0 Å². The minimum atomic E-state index is 0.260. The number of nitrogen functional groups attached to an aromatic ring is 1. The van der Waals surface area contributed by atoms with Gasteiger partial charge in [-0.15, -0.1) is 11.3 Å². The molecule has 0 saturated heterocycles. The second-order valence-corrected chi connectivity index (χ2v) is 6.32. The summed E-state index contributed by atoms with van der Waals surface area (Å²) in [6, 6.07) is 0. The van der Waals surface area contributed by atoms with Crippen LogP contribution in [0.25, 0.3) is 0 Å². The Hall–Kier alpha value is -0.570. The molecule has 14 heavy (non-hydrogen) atoms. The molecular weight excluding hydrogens is 192 g/mol. The number of hydrogen-bond donors (Lipinski definition) is 1. The first-order valence-electron chi connectivity index (χ1n) is 5.04. The lowest BCUT2D eigenvalue weighted by Crippen LogP contribution is -2.10. The van der Waals surface area contributed by atoms with Crippen molar-refractivity contribution in [1.82, 2.24) is 4.98 Å². The van der Waals surface area contributed by atoms with Crippen molar-refractivity contribution in [3.05, 3.63) is 10.7 Å². The number of thiazole rings is 1. The number of rotatable bonds is 2. The third-order valence-corrected chi connectivity index (χ3v) is 3.16. The van der Waals surface area contributed by atoms with Gasteiger partial charge in [0.1, 0.15) is 5.00 Å². The van der Waals surface area contributed by atoms with Crippen LogP contribution in [0, 0.1) is 5.41 Å². The number of aromatic nitrogens is 1. The Morgan fingerprint density at radius 3 is 2.29 bits per heavy atom. The minimum absolute atomic E-state index is 0.260. The molecule has 1 rings (SSSR count). The van der Waals surface area contributed by atoms with Crippen molar-refractivity contribution in [2.75, 3.05) is 5.73 Å². The van der Waals surface area contributed by atoms with Gasteiger partial charge < -0.3 is 5.73 Å². The van der Waals surface area contributed by atoms with E-state index in [2.05, 4.69) is 39.6 Å². The molecule has 0 spiro atoms. The molecular formula is C11H20N2S. The molecule has 0 saturated carbocycles. The summed E-state index contributed by atoms with van der Waals surface area (Å²) in [5.41, 5.74) is 7.28. The van der Waals surface area contributed by atoms with Crippen LogP contribution in [0.15, 0.2) is 0 Å². The molecule has 0 atom stereocenters. The number of nitrogens with zero attached hydrogens (tertiary/aromatic N) is 1. The van der Waals surface area contributed by atoms with Gasteiger partial charge in [0.25, 0.3) is 0 Å². The maximum atomic E-state index is 5.94. The lowest BCUT2D eigenvalue weighted by molar-refractivity contribution is 0.407. The van der Waals surface area contributed by atoms with E-state index < -0.39 is 0 Å². The van der Waals surface area contributed by atoms with Crippen LogP contribution < -0.4 is 5.73 Å². The highest BCUT2D eigenvalue weighted by molar-refractivity contribution is 7.15. The Morgan fingerprint density at radius 1 is 1.36 bits per heavy atom. The van der Waals surface area contributed by atoms with Crippen molar-refractivity contribution in [1.29, 1.82) is 0 Å². The Labute approximate surface area is 90.6 Å². The quantitative estimate of drug-likeness (QED) is 0.815. The van der Waals surface area contributed by atoms with E-state index in [1.165, 1.54) is 0 Å². The third-order valence-electron chi connectivity index (χ3n) is 1.94. The summed E-state index contributed by atoms with van der Waals surface area (Å²) in [6.07, 6.45) is 0.960. The molecule has 0 fully saturated rings. The molecule has 80 valence electrons. The van der Waals surface area contributed by atoms with Gasteiger partial charge in [-0.2, -0.15) is 0 Å². The molecule has 2 nitrogen and oxygen atoms in total. The topological polar surface area (TPSA) is 38.9 Å². The molecule has 0 bridgehead atoms. The van der Waals surface area contributed by atoms with Crippen molar-refractivity contribution in [2.45, 2.75) is 47.0 Å².